The van der Waals surface area contributed by atoms with Crippen molar-refractivity contribution in [3.05, 3.63) is 101 Å². The summed E-state index contributed by atoms with van der Waals surface area (Å²) in [5.41, 5.74) is 2.48. The van der Waals surface area contributed by atoms with E-state index in [9.17, 15) is 14.7 Å². The molecular formula is C28H23NO6. The summed E-state index contributed by atoms with van der Waals surface area (Å²) in [7, 11) is 3.05. The minimum Gasteiger partial charge on any atom is -0.503 e. The molecule has 0 saturated heterocycles. The number of carbonyl (C=O) groups is 2. The lowest BCUT2D eigenvalue weighted by atomic mass is 9.94. The van der Waals surface area contributed by atoms with Gasteiger partial charge in [0.15, 0.2) is 22.9 Å². The van der Waals surface area contributed by atoms with Crippen molar-refractivity contribution >= 4 is 28.3 Å². The lowest BCUT2D eigenvalue weighted by Crippen LogP contribution is -2.31. The number of hydrogen-bond acceptors (Lipinski definition) is 6. The van der Waals surface area contributed by atoms with Crippen molar-refractivity contribution in [2.45, 2.75) is 13.0 Å². The van der Waals surface area contributed by atoms with Crippen LogP contribution in [-0.2, 0) is 4.79 Å². The van der Waals surface area contributed by atoms with Crippen molar-refractivity contribution in [1.29, 1.82) is 0 Å². The van der Waals surface area contributed by atoms with Crippen LogP contribution in [0.15, 0.2) is 88.5 Å². The number of fused-ring (bicyclic) bond motifs is 1. The zero-order valence-electron chi connectivity index (χ0n) is 19.4. The second kappa shape index (κ2) is 8.68. The van der Waals surface area contributed by atoms with Crippen LogP contribution in [0, 0.1) is 6.92 Å². The molecule has 0 saturated carbocycles. The summed E-state index contributed by atoms with van der Waals surface area (Å²) in [4.78, 5) is 28.6. The van der Waals surface area contributed by atoms with Crippen LogP contribution >= 0.6 is 0 Å². The van der Waals surface area contributed by atoms with Crippen molar-refractivity contribution in [3.8, 4) is 11.5 Å². The highest BCUT2D eigenvalue weighted by Gasteiger charge is 2.45. The molecule has 2 heterocycles. The van der Waals surface area contributed by atoms with Gasteiger partial charge in [0, 0.05) is 17.1 Å². The van der Waals surface area contributed by atoms with E-state index in [0.29, 0.717) is 33.7 Å². The molecule has 0 radical (unpaired) electrons. The van der Waals surface area contributed by atoms with Crippen LogP contribution in [0.25, 0.3) is 11.0 Å². The van der Waals surface area contributed by atoms with E-state index in [1.807, 2.05) is 31.2 Å². The lowest BCUT2D eigenvalue weighted by molar-refractivity contribution is -0.117. The summed E-state index contributed by atoms with van der Waals surface area (Å²) in [6.07, 6.45) is 0. The number of rotatable bonds is 6. The average Bonchev–Trinajstić information content (AvgIpc) is 3.43. The number of aliphatic hydroxyl groups is 1. The zero-order valence-corrected chi connectivity index (χ0v) is 19.4. The van der Waals surface area contributed by atoms with Crippen molar-refractivity contribution < 1.29 is 28.6 Å². The smallest absolute Gasteiger partial charge is 0.294 e. The number of ether oxygens (including phenoxy) is 2. The van der Waals surface area contributed by atoms with Gasteiger partial charge >= 0.3 is 0 Å². The topological polar surface area (TPSA) is 89.2 Å². The molecule has 1 aliphatic rings. The number of nitrogens with zero attached hydrogens (tertiary/aromatic N) is 1. The fraction of sp³-hybridized carbons (Fsp3) is 0.143. The molecule has 7 nitrogen and oxygen atoms in total. The number of carbonyl (C=O) groups excluding carboxylic acids is 2. The molecule has 1 amide bonds. The molecule has 1 atom stereocenters. The quantitative estimate of drug-likeness (QED) is 0.373. The van der Waals surface area contributed by atoms with Gasteiger partial charge < -0.3 is 19.0 Å². The molecule has 1 N–H and O–H groups in total. The van der Waals surface area contributed by atoms with Crippen LogP contribution in [-0.4, -0.2) is 31.0 Å². The molecule has 0 aliphatic carbocycles. The van der Waals surface area contributed by atoms with Crippen LogP contribution in [0.1, 0.15) is 27.7 Å². The first-order chi connectivity index (χ1) is 16.9. The second-order valence-electron chi connectivity index (χ2n) is 8.27. The van der Waals surface area contributed by atoms with E-state index in [1.54, 1.807) is 48.5 Å². The first-order valence-corrected chi connectivity index (χ1v) is 11.0. The van der Waals surface area contributed by atoms with Crippen LogP contribution in [0.4, 0.5) is 5.69 Å². The molecular weight excluding hydrogens is 446 g/mol. The predicted octanol–water partition coefficient (Wildman–Crippen LogP) is 5.54. The Balaban J connectivity index is 1.67. The number of Topliss-reactive ketones (excluding diaryl/α,β-unsaturated/α-hetero) is 1. The number of para-hydroxylation sites is 1. The Kier molecular flexibility index (Phi) is 5.53. The third kappa shape index (κ3) is 3.71. The molecule has 0 bridgehead atoms. The van der Waals surface area contributed by atoms with E-state index in [-0.39, 0.29) is 11.3 Å². The van der Waals surface area contributed by atoms with Crippen molar-refractivity contribution in [3.63, 3.8) is 0 Å². The first-order valence-electron chi connectivity index (χ1n) is 11.0. The van der Waals surface area contributed by atoms with Crippen LogP contribution in [0.5, 0.6) is 11.5 Å². The van der Waals surface area contributed by atoms with Gasteiger partial charge in [0.1, 0.15) is 5.75 Å². The second-order valence-corrected chi connectivity index (χ2v) is 8.27. The summed E-state index contributed by atoms with van der Waals surface area (Å²) in [5, 5.41) is 11.7. The Morgan fingerprint density at radius 2 is 1.74 bits per heavy atom. The molecule has 176 valence electrons. The number of ketones is 1. The molecule has 0 fully saturated rings. The monoisotopic (exact) mass is 469 g/mol. The molecule has 1 unspecified atom stereocenters. The Bertz CT molecular complexity index is 1500. The zero-order chi connectivity index (χ0) is 24.7. The van der Waals surface area contributed by atoms with Gasteiger partial charge in [-0.1, -0.05) is 48.0 Å². The Hall–Kier alpha value is -4.52. The van der Waals surface area contributed by atoms with Gasteiger partial charge in [-0.15, -0.1) is 0 Å². The molecule has 1 aromatic heterocycles. The number of aryl methyl sites for hydroxylation is 1. The number of anilines is 1. The van der Waals surface area contributed by atoms with Crippen molar-refractivity contribution in [1.82, 2.24) is 0 Å². The fourth-order valence-electron chi connectivity index (χ4n) is 4.46. The van der Waals surface area contributed by atoms with E-state index < -0.39 is 23.5 Å². The highest BCUT2D eigenvalue weighted by molar-refractivity contribution is 6.20. The molecule has 0 spiro atoms. The van der Waals surface area contributed by atoms with Crippen LogP contribution in [0.2, 0.25) is 0 Å². The highest BCUT2D eigenvalue weighted by Crippen LogP contribution is 2.43. The number of hydrogen-bond donors (Lipinski definition) is 1. The van der Waals surface area contributed by atoms with Gasteiger partial charge in [0.25, 0.3) is 5.91 Å². The van der Waals surface area contributed by atoms with Crippen LogP contribution < -0.4 is 14.4 Å². The largest absolute Gasteiger partial charge is 0.503 e. The van der Waals surface area contributed by atoms with Gasteiger partial charge in [0.05, 0.1) is 25.8 Å². The highest BCUT2D eigenvalue weighted by atomic mass is 16.5. The van der Waals surface area contributed by atoms with E-state index in [0.717, 1.165) is 5.56 Å². The summed E-state index contributed by atoms with van der Waals surface area (Å²) >= 11 is 0. The van der Waals surface area contributed by atoms with E-state index >= 15 is 0 Å². The summed E-state index contributed by atoms with van der Waals surface area (Å²) in [6, 6.07) is 20.5. The lowest BCUT2D eigenvalue weighted by Gasteiger charge is -2.27. The third-order valence-electron chi connectivity index (χ3n) is 6.09. The molecule has 35 heavy (non-hydrogen) atoms. The van der Waals surface area contributed by atoms with Gasteiger partial charge in [-0.05, 0) is 36.8 Å². The van der Waals surface area contributed by atoms with Crippen molar-refractivity contribution in [2.24, 2.45) is 0 Å². The Morgan fingerprint density at radius 3 is 2.49 bits per heavy atom. The molecule has 7 heteroatoms. The summed E-state index contributed by atoms with van der Waals surface area (Å²) in [5.74, 6) is -0.842. The van der Waals surface area contributed by atoms with E-state index in [1.165, 1.54) is 19.1 Å². The van der Waals surface area contributed by atoms with Crippen molar-refractivity contribution in [2.75, 3.05) is 19.1 Å². The average molecular weight is 469 g/mol. The maximum atomic E-state index is 13.8. The van der Waals surface area contributed by atoms with E-state index in [2.05, 4.69) is 0 Å². The van der Waals surface area contributed by atoms with E-state index in [4.69, 9.17) is 13.9 Å². The molecule has 5 rings (SSSR count). The minimum absolute atomic E-state index is 0.00370. The minimum atomic E-state index is -0.864. The van der Waals surface area contributed by atoms with Gasteiger partial charge in [0.2, 0.25) is 5.78 Å². The SMILES string of the molecule is COc1cccc(N2C(=O)C(O)=C(C(=O)c3cc4cccc(OC)c4o3)C2c2cccc(C)c2)c1. The number of methoxy groups -OCH3 is 2. The normalized spacial score (nSPS) is 15.7. The number of furan rings is 1. The third-order valence-corrected chi connectivity index (χ3v) is 6.09. The van der Waals surface area contributed by atoms with Gasteiger partial charge in [-0.3, -0.25) is 14.5 Å². The number of aliphatic hydroxyl groups excluding tert-OH is 1. The van der Waals surface area contributed by atoms with Crippen LogP contribution in [0.3, 0.4) is 0 Å². The summed E-state index contributed by atoms with van der Waals surface area (Å²) < 4.78 is 16.5. The standard InChI is InChI=1S/C28H23NO6/c1-16-7-4-8-17(13-16)24-23(25(30)22-14-18-9-5-12-21(34-3)27(18)35-22)26(31)28(32)29(24)19-10-6-11-20(15-19)33-2/h4-15,24,31H,1-3H3. The molecule has 1 aliphatic heterocycles. The Morgan fingerprint density at radius 1 is 0.971 bits per heavy atom. The predicted molar refractivity (Wildman–Crippen MR) is 131 cm³/mol. The molecule has 4 aromatic rings. The maximum Gasteiger partial charge on any atom is 0.294 e. The number of benzene rings is 3. The fourth-order valence-corrected chi connectivity index (χ4v) is 4.46. The van der Waals surface area contributed by atoms with Gasteiger partial charge in [-0.25, -0.2) is 0 Å². The van der Waals surface area contributed by atoms with Gasteiger partial charge in [-0.2, -0.15) is 0 Å². The Labute approximate surface area is 201 Å². The number of amides is 1. The maximum absolute atomic E-state index is 13.8. The first kappa shape index (κ1) is 22.3. The summed E-state index contributed by atoms with van der Waals surface area (Å²) in [6.45, 7) is 1.92. The molecule has 3 aromatic carbocycles.